The molecule has 0 radical (unpaired) electrons. The Morgan fingerprint density at radius 1 is 1.09 bits per heavy atom. The number of nitrogens with zero attached hydrogens (tertiary/aromatic N) is 3. The fraction of sp³-hybridized carbons (Fsp3) is 0.0769. The van der Waals surface area contributed by atoms with Gasteiger partial charge in [-0.25, -0.2) is 4.98 Å². The predicted octanol–water partition coefficient (Wildman–Crippen LogP) is 6.53. The summed E-state index contributed by atoms with van der Waals surface area (Å²) < 4.78 is 6.94. The highest BCUT2D eigenvalue weighted by Gasteiger charge is 2.15. The molecule has 1 amide bonds. The number of para-hydroxylation sites is 1. The first-order valence-electron chi connectivity index (χ1n) is 10.9. The SMILES string of the molecule is Cc1ccc2nc(-c3ccc(NC(=O)CSc4nnc(-c5c[nH]c6ccccc56)o4)cc3)sc2c1. The number of fused-ring (bicyclic) bond motifs is 2. The molecule has 3 aromatic heterocycles. The van der Waals surface area contributed by atoms with Crippen molar-refractivity contribution in [3.8, 4) is 22.0 Å². The molecule has 0 aliphatic rings. The number of aromatic nitrogens is 4. The third kappa shape index (κ3) is 4.43. The molecule has 0 spiro atoms. The van der Waals surface area contributed by atoms with Crippen LogP contribution < -0.4 is 5.32 Å². The number of aryl methyl sites for hydroxylation is 1. The van der Waals surface area contributed by atoms with Crippen molar-refractivity contribution in [2.75, 3.05) is 11.1 Å². The number of thioether (sulfide) groups is 1. The number of hydrogen-bond donors (Lipinski definition) is 2. The fourth-order valence-electron chi connectivity index (χ4n) is 3.80. The summed E-state index contributed by atoms with van der Waals surface area (Å²) in [6.45, 7) is 2.08. The van der Waals surface area contributed by atoms with Crippen LogP contribution in [0.4, 0.5) is 5.69 Å². The molecular formula is C26H19N5O2S2. The number of carbonyl (C=O) groups excluding carboxylic acids is 1. The maximum absolute atomic E-state index is 12.5. The first kappa shape index (κ1) is 21.6. The predicted molar refractivity (Wildman–Crippen MR) is 141 cm³/mol. The van der Waals surface area contributed by atoms with E-state index in [0.717, 1.165) is 38.2 Å². The van der Waals surface area contributed by atoms with Crippen molar-refractivity contribution >= 4 is 55.8 Å². The van der Waals surface area contributed by atoms with Gasteiger partial charge in [-0.15, -0.1) is 21.5 Å². The lowest BCUT2D eigenvalue weighted by Crippen LogP contribution is -2.13. The summed E-state index contributed by atoms with van der Waals surface area (Å²) in [6, 6.07) is 21.9. The number of hydrogen-bond acceptors (Lipinski definition) is 7. The van der Waals surface area contributed by atoms with Crippen molar-refractivity contribution in [1.82, 2.24) is 20.2 Å². The highest BCUT2D eigenvalue weighted by molar-refractivity contribution is 7.99. The molecule has 6 rings (SSSR count). The molecule has 172 valence electrons. The molecule has 0 saturated carbocycles. The quantitative estimate of drug-likeness (QED) is 0.254. The maximum atomic E-state index is 12.5. The topological polar surface area (TPSA) is 96.7 Å². The number of benzene rings is 3. The number of thiazole rings is 1. The number of carbonyl (C=O) groups is 1. The van der Waals surface area contributed by atoms with Gasteiger partial charge in [-0.3, -0.25) is 4.79 Å². The average molecular weight is 498 g/mol. The van der Waals surface area contributed by atoms with E-state index in [1.807, 2.05) is 60.8 Å². The van der Waals surface area contributed by atoms with Crippen LogP contribution in [0, 0.1) is 6.92 Å². The Kier molecular flexibility index (Phi) is 5.55. The molecule has 0 unspecified atom stereocenters. The van der Waals surface area contributed by atoms with Gasteiger partial charge in [0.15, 0.2) is 0 Å². The Morgan fingerprint density at radius 2 is 1.94 bits per heavy atom. The number of amides is 1. The molecule has 0 aliphatic heterocycles. The van der Waals surface area contributed by atoms with Crippen molar-refractivity contribution < 1.29 is 9.21 Å². The second-order valence-electron chi connectivity index (χ2n) is 8.03. The van der Waals surface area contributed by atoms with E-state index in [-0.39, 0.29) is 11.7 Å². The summed E-state index contributed by atoms with van der Waals surface area (Å²) in [7, 11) is 0. The number of H-pyrrole nitrogens is 1. The molecule has 0 saturated heterocycles. The van der Waals surface area contributed by atoms with E-state index >= 15 is 0 Å². The molecule has 2 N–H and O–H groups in total. The van der Waals surface area contributed by atoms with Crippen LogP contribution in [0.3, 0.4) is 0 Å². The third-order valence-electron chi connectivity index (χ3n) is 5.51. The van der Waals surface area contributed by atoms with Crippen molar-refractivity contribution in [3.63, 3.8) is 0 Å². The second kappa shape index (κ2) is 9.01. The molecule has 9 heteroatoms. The highest BCUT2D eigenvalue weighted by Crippen LogP contribution is 2.32. The lowest BCUT2D eigenvalue weighted by atomic mass is 10.2. The van der Waals surface area contributed by atoms with Crippen LogP contribution in [0.25, 0.3) is 43.1 Å². The Labute approximate surface area is 208 Å². The zero-order chi connectivity index (χ0) is 23.8. The minimum Gasteiger partial charge on any atom is -0.411 e. The summed E-state index contributed by atoms with van der Waals surface area (Å²) in [4.78, 5) is 20.4. The van der Waals surface area contributed by atoms with E-state index in [1.165, 1.54) is 22.0 Å². The summed E-state index contributed by atoms with van der Waals surface area (Å²) in [6.07, 6.45) is 1.85. The van der Waals surface area contributed by atoms with Crippen molar-refractivity contribution in [2.45, 2.75) is 12.1 Å². The van der Waals surface area contributed by atoms with Crippen LogP contribution in [0.1, 0.15) is 5.56 Å². The van der Waals surface area contributed by atoms with Crippen LogP contribution >= 0.6 is 23.1 Å². The zero-order valence-corrected chi connectivity index (χ0v) is 20.2. The summed E-state index contributed by atoms with van der Waals surface area (Å²) in [5.74, 6) is 0.435. The van der Waals surface area contributed by atoms with Gasteiger partial charge in [0, 0.05) is 28.4 Å². The van der Waals surface area contributed by atoms with Gasteiger partial charge < -0.3 is 14.7 Å². The minimum absolute atomic E-state index is 0.148. The Hall–Kier alpha value is -3.95. The van der Waals surface area contributed by atoms with Gasteiger partial charge in [-0.05, 0) is 55.0 Å². The van der Waals surface area contributed by atoms with Crippen molar-refractivity contribution in [2.24, 2.45) is 0 Å². The van der Waals surface area contributed by atoms with Crippen LogP contribution in [0.2, 0.25) is 0 Å². The Bertz CT molecular complexity index is 1670. The van der Waals surface area contributed by atoms with Crippen molar-refractivity contribution in [3.05, 3.63) is 78.5 Å². The molecule has 7 nitrogen and oxygen atoms in total. The van der Waals surface area contributed by atoms with E-state index < -0.39 is 0 Å². The minimum atomic E-state index is -0.148. The van der Waals surface area contributed by atoms with Crippen LogP contribution in [0.5, 0.6) is 0 Å². The first-order valence-corrected chi connectivity index (χ1v) is 12.7. The Balaban J connectivity index is 1.08. The molecule has 3 aromatic carbocycles. The smallest absolute Gasteiger partial charge is 0.277 e. The van der Waals surface area contributed by atoms with Gasteiger partial charge in [0.1, 0.15) is 5.01 Å². The number of anilines is 1. The van der Waals surface area contributed by atoms with Crippen molar-refractivity contribution in [1.29, 1.82) is 0 Å². The number of aromatic amines is 1. The largest absolute Gasteiger partial charge is 0.411 e. The normalized spacial score (nSPS) is 11.3. The van der Waals surface area contributed by atoms with Gasteiger partial charge in [-0.2, -0.15) is 0 Å². The van der Waals surface area contributed by atoms with Gasteiger partial charge in [-0.1, -0.05) is 36.0 Å². The summed E-state index contributed by atoms with van der Waals surface area (Å²) in [5, 5.41) is 13.4. The van der Waals surface area contributed by atoms with Crippen LogP contribution in [-0.4, -0.2) is 31.8 Å². The van der Waals surface area contributed by atoms with E-state index in [9.17, 15) is 4.79 Å². The lowest BCUT2D eigenvalue weighted by molar-refractivity contribution is -0.113. The third-order valence-corrected chi connectivity index (χ3v) is 7.40. The van der Waals surface area contributed by atoms with E-state index in [1.54, 1.807) is 11.3 Å². The highest BCUT2D eigenvalue weighted by atomic mass is 32.2. The second-order valence-corrected chi connectivity index (χ2v) is 9.98. The van der Waals surface area contributed by atoms with Crippen LogP contribution in [0.15, 0.2) is 82.6 Å². The summed E-state index contributed by atoms with van der Waals surface area (Å²) in [5.41, 5.74) is 5.80. The molecule has 35 heavy (non-hydrogen) atoms. The van der Waals surface area contributed by atoms with Gasteiger partial charge >= 0.3 is 0 Å². The monoisotopic (exact) mass is 497 g/mol. The summed E-state index contributed by atoms with van der Waals surface area (Å²) >= 11 is 2.87. The Morgan fingerprint density at radius 3 is 2.83 bits per heavy atom. The molecule has 6 aromatic rings. The van der Waals surface area contributed by atoms with E-state index in [0.29, 0.717) is 11.1 Å². The maximum Gasteiger partial charge on any atom is 0.277 e. The standard InChI is InChI=1S/C26H19N5O2S2/c1-15-6-11-21-22(12-15)35-25(29-21)16-7-9-17(10-8-16)28-23(32)14-34-26-31-30-24(33-26)19-13-27-20-5-3-2-4-18(19)20/h2-13,27H,14H2,1H3,(H,28,32). The molecular weight excluding hydrogens is 478 g/mol. The first-order chi connectivity index (χ1) is 17.1. The lowest BCUT2D eigenvalue weighted by Gasteiger charge is -2.04. The van der Waals surface area contributed by atoms with Crippen LogP contribution in [-0.2, 0) is 4.79 Å². The zero-order valence-electron chi connectivity index (χ0n) is 18.6. The molecule has 3 heterocycles. The fourth-order valence-corrected chi connectivity index (χ4v) is 5.43. The van der Waals surface area contributed by atoms with E-state index in [4.69, 9.17) is 9.40 Å². The molecule has 0 aliphatic carbocycles. The average Bonchev–Trinajstić information content (AvgIpc) is 3.61. The molecule has 0 fully saturated rings. The molecule has 0 bridgehead atoms. The molecule has 0 atom stereocenters. The number of nitrogens with one attached hydrogen (secondary N) is 2. The van der Waals surface area contributed by atoms with E-state index in [2.05, 4.69) is 39.6 Å². The van der Waals surface area contributed by atoms with Gasteiger partial charge in [0.2, 0.25) is 5.91 Å². The van der Waals surface area contributed by atoms with Gasteiger partial charge in [0.05, 0.1) is 21.5 Å². The number of rotatable bonds is 6. The van der Waals surface area contributed by atoms with Gasteiger partial charge in [0.25, 0.3) is 11.1 Å².